The van der Waals surface area contributed by atoms with Gasteiger partial charge in [0.05, 0.1) is 6.26 Å². The summed E-state index contributed by atoms with van der Waals surface area (Å²) in [5, 5.41) is 6.53. The third-order valence-corrected chi connectivity index (χ3v) is 4.42. The summed E-state index contributed by atoms with van der Waals surface area (Å²) in [7, 11) is -1.42. The van der Waals surface area contributed by atoms with Gasteiger partial charge in [-0.05, 0) is 30.4 Å². The van der Waals surface area contributed by atoms with Crippen molar-refractivity contribution >= 4 is 40.0 Å². The van der Waals surface area contributed by atoms with Crippen LogP contribution in [0.25, 0.3) is 0 Å². The molecule has 1 aromatic carbocycles. The Balaban J connectivity index is 0.00000264. The average molecular weight is 452 g/mol. The second kappa shape index (κ2) is 9.43. The molecule has 0 aliphatic heterocycles. The van der Waals surface area contributed by atoms with Crippen molar-refractivity contribution in [3.8, 4) is 0 Å². The molecule has 2 rings (SSSR count). The van der Waals surface area contributed by atoms with Crippen LogP contribution < -0.4 is 15.4 Å². The predicted molar refractivity (Wildman–Crippen MR) is 105 cm³/mol. The van der Waals surface area contributed by atoms with Gasteiger partial charge in [-0.3, -0.25) is 4.99 Å². The van der Waals surface area contributed by atoms with Crippen LogP contribution in [0.2, 0.25) is 0 Å². The zero-order valence-electron chi connectivity index (χ0n) is 13.5. The van der Waals surface area contributed by atoms with Crippen molar-refractivity contribution in [2.75, 3.05) is 26.4 Å². The molecule has 1 aliphatic rings. The van der Waals surface area contributed by atoms with Gasteiger partial charge in [0.2, 0.25) is 10.0 Å². The number of aryl methyl sites for hydroxylation is 1. The molecule has 0 fully saturated rings. The molecule has 0 aromatic heterocycles. The van der Waals surface area contributed by atoms with Crippen LogP contribution in [0.1, 0.15) is 17.5 Å². The smallest absolute Gasteiger partial charge is 0.208 e. The molecule has 0 bridgehead atoms. The molecule has 1 aliphatic carbocycles. The summed E-state index contributed by atoms with van der Waals surface area (Å²) in [4.78, 5) is 4.19. The summed E-state index contributed by atoms with van der Waals surface area (Å²) < 4.78 is 24.4. The third-order valence-electron chi connectivity index (χ3n) is 3.69. The lowest BCUT2D eigenvalue weighted by atomic mass is 9.88. The number of halogens is 1. The Bertz CT molecular complexity index is 634. The summed E-state index contributed by atoms with van der Waals surface area (Å²) >= 11 is 0. The largest absolute Gasteiger partial charge is 0.355 e. The lowest BCUT2D eigenvalue weighted by Gasteiger charge is -2.27. The van der Waals surface area contributed by atoms with Crippen molar-refractivity contribution < 1.29 is 8.42 Å². The van der Waals surface area contributed by atoms with Crippen LogP contribution in [0.5, 0.6) is 0 Å². The van der Waals surface area contributed by atoms with Gasteiger partial charge in [-0.2, -0.15) is 0 Å². The SMILES string of the molecule is CN=C(NCCNS(C)(=O)=O)NC1CCc2ccccc2C1.I. The van der Waals surface area contributed by atoms with Crippen molar-refractivity contribution in [2.45, 2.75) is 25.3 Å². The Labute approximate surface area is 155 Å². The summed E-state index contributed by atoms with van der Waals surface area (Å²) in [6, 6.07) is 8.88. The Morgan fingerprint density at radius 1 is 1.26 bits per heavy atom. The van der Waals surface area contributed by atoms with Gasteiger partial charge >= 0.3 is 0 Å². The van der Waals surface area contributed by atoms with E-state index < -0.39 is 10.0 Å². The first-order valence-electron chi connectivity index (χ1n) is 7.46. The molecule has 0 amide bonds. The lowest BCUT2D eigenvalue weighted by molar-refractivity contribution is 0.520. The maximum absolute atomic E-state index is 11.0. The molecule has 3 N–H and O–H groups in total. The lowest BCUT2D eigenvalue weighted by Crippen LogP contribution is -2.47. The number of nitrogens with one attached hydrogen (secondary N) is 3. The van der Waals surface area contributed by atoms with E-state index in [4.69, 9.17) is 0 Å². The molecule has 23 heavy (non-hydrogen) atoms. The normalized spacial score (nSPS) is 17.8. The number of sulfonamides is 1. The fourth-order valence-electron chi connectivity index (χ4n) is 2.63. The number of rotatable bonds is 5. The highest BCUT2D eigenvalue weighted by atomic mass is 127. The number of hydrogen-bond acceptors (Lipinski definition) is 3. The molecule has 130 valence electrons. The molecule has 8 heteroatoms. The van der Waals surface area contributed by atoms with Crippen LogP contribution >= 0.6 is 24.0 Å². The first kappa shape index (κ1) is 20.2. The van der Waals surface area contributed by atoms with E-state index in [0.29, 0.717) is 25.1 Å². The number of hydrogen-bond donors (Lipinski definition) is 3. The van der Waals surface area contributed by atoms with Crippen molar-refractivity contribution in [3.63, 3.8) is 0 Å². The van der Waals surface area contributed by atoms with E-state index in [0.717, 1.165) is 25.5 Å². The molecule has 1 atom stereocenters. The van der Waals surface area contributed by atoms with E-state index in [2.05, 4.69) is 44.6 Å². The number of guanidine groups is 1. The summed E-state index contributed by atoms with van der Waals surface area (Å²) in [6.07, 6.45) is 4.28. The average Bonchev–Trinajstić information content (AvgIpc) is 2.49. The predicted octanol–water partition coefficient (Wildman–Crippen LogP) is 0.876. The second-order valence-electron chi connectivity index (χ2n) is 5.52. The van der Waals surface area contributed by atoms with E-state index in [-0.39, 0.29) is 24.0 Å². The zero-order valence-corrected chi connectivity index (χ0v) is 16.6. The van der Waals surface area contributed by atoms with Gasteiger partial charge in [-0.25, -0.2) is 13.1 Å². The van der Waals surface area contributed by atoms with Crippen LogP contribution in [0, 0.1) is 0 Å². The molecule has 0 radical (unpaired) electrons. The van der Waals surface area contributed by atoms with E-state index in [1.165, 1.54) is 11.1 Å². The quantitative estimate of drug-likeness (QED) is 0.268. The van der Waals surface area contributed by atoms with Gasteiger partial charge in [-0.1, -0.05) is 24.3 Å². The topological polar surface area (TPSA) is 82.6 Å². The summed E-state index contributed by atoms with van der Waals surface area (Å²) in [5.74, 6) is 0.708. The second-order valence-corrected chi connectivity index (χ2v) is 7.35. The van der Waals surface area contributed by atoms with Crippen molar-refractivity contribution in [1.29, 1.82) is 0 Å². The monoisotopic (exact) mass is 452 g/mol. The minimum Gasteiger partial charge on any atom is -0.355 e. The number of aliphatic imine (C=N–C) groups is 1. The molecule has 0 saturated heterocycles. The van der Waals surface area contributed by atoms with Crippen LogP contribution in [0.15, 0.2) is 29.3 Å². The maximum Gasteiger partial charge on any atom is 0.208 e. The Hall–Kier alpha value is -0.870. The van der Waals surface area contributed by atoms with Gasteiger partial charge in [0.15, 0.2) is 5.96 Å². The third kappa shape index (κ3) is 7.05. The molecule has 0 saturated carbocycles. The zero-order chi connectivity index (χ0) is 16.0. The van der Waals surface area contributed by atoms with E-state index in [9.17, 15) is 8.42 Å². The van der Waals surface area contributed by atoms with Gasteiger partial charge in [-0.15, -0.1) is 24.0 Å². The molecular formula is C15H25IN4O2S. The number of fused-ring (bicyclic) bond motifs is 1. The summed E-state index contributed by atoms with van der Waals surface area (Å²) in [5.41, 5.74) is 2.82. The van der Waals surface area contributed by atoms with E-state index in [1.54, 1.807) is 7.05 Å². The van der Waals surface area contributed by atoms with Crippen LogP contribution in [-0.4, -0.2) is 46.8 Å². The molecule has 1 aromatic rings. The Morgan fingerprint density at radius 2 is 1.96 bits per heavy atom. The minimum atomic E-state index is -3.14. The number of benzene rings is 1. The minimum absolute atomic E-state index is 0. The highest BCUT2D eigenvalue weighted by Gasteiger charge is 2.18. The Kier molecular flexibility index (Phi) is 8.27. The van der Waals surface area contributed by atoms with Gasteiger partial charge in [0.1, 0.15) is 0 Å². The summed E-state index contributed by atoms with van der Waals surface area (Å²) in [6.45, 7) is 0.836. The van der Waals surface area contributed by atoms with Crippen LogP contribution in [-0.2, 0) is 22.9 Å². The van der Waals surface area contributed by atoms with Crippen molar-refractivity contribution in [3.05, 3.63) is 35.4 Å². The van der Waals surface area contributed by atoms with Crippen LogP contribution in [0.3, 0.4) is 0 Å². The number of nitrogens with zero attached hydrogens (tertiary/aromatic N) is 1. The highest BCUT2D eigenvalue weighted by Crippen LogP contribution is 2.20. The van der Waals surface area contributed by atoms with Gasteiger partial charge in [0, 0.05) is 26.2 Å². The van der Waals surface area contributed by atoms with E-state index in [1.807, 2.05) is 0 Å². The van der Waals surface area contributed by atoms with Crippen molar-refractivity contribution in [2.24, 2.45) is 4.99 Å². The molecule has 1 unspecified atom stereocenters. The van der Waals surface area contributed by atoms with Gasteiger partial charge < -0.3 is 10.6 Å². The molecule has 6 nitrogen and oxygen atoms in total. The van der Waals surface area contributed by atoms with E-state index >= 15 is 0 Å². The van der Waals surface area contributed by atoms with Crippen molar-refractivity contribution in [1.82, 2.24) is 15.4 Å². The molecule has 0 heterocycles. The maximum atomic E-state index is 11.0. The fourth-order valence-corrected chi connectivity index (χ4v) is 3.10. The first-order chi connectivity index (χ1) is 10.5. The fraction of sp³-hybridized carbons (Fsp3) is 0.533. The Morgan fingerprint density at radius 3 is 2.61 bits per heavy atom. The van der Waals surface area contributed by atoms with Gasteiger partial charge in [0.25, 0.3) is 0 Å². The first-order valence-corrected chi connectivity index (χ1v) is 9.35. The van der Waals surface area contributed by atoms with Crippen LogP contribution in [0.4, 0.5) is 0 Å². The molecular weight excluding hydrogens is 427 g/mol. The highest BCUT2D eigenvalue weighted by molar-refractivity contribution is 14.0. The molecule has 0 spiro atoms. The standard InChI is InChI=1S/C15H24N4O2S.HI/c1-16-15(17-9-10-18-22(2,20)21)19-14-8-7-12-5-3-4-6-13(12)11-14;/h3-6,14,18H,7-11H2,1-2H3,(H2,16,17,19);1H.